The van der Waals surface area contributed by atoms with Gasteiger partial charge in [0.1, 0.15) is 5.82 Å². The van der Waals surface area contributed by atoms with E-state index in [0.717, 1.165) is 24.1 Å². The maximum absolute atomic E-state index is 12.5. The van der Waals surface area contributed by atoms with Crippen molar-refractivity contribution in [1.82, 2.24) is 15.1 Å². The average Bonchev–Trinajstić information content (AvgIpc) is 3.31. The van der Waals surface area contributed by atoms with Crippen LogP contribution in [0.3, 0.4) is 0 Å². The van der Waals surface area contributed by atoms with Crippen molar-refractivity contribution in [3.05, 3.63) is 46.6 Å². The van der Waals surface area contributed by atoms with Crippen molar-refractivity contribution in [2.45, 2.75) is 44.2 Å². The van der Waals surface area contributed by atoms with Crippen molar-refractivity contribution in [2.75, 3.05) is 16.8 Å². The molecule has 1 aromatic carbocycles. The van der Waals surface area contributed by atoms with Crippen LogP contribution in [0.1, 0.15) is 55.4 Å². The van der Waals surface area contributed by atoms with Gasteiger partial charge in [0, 0.05) is 17.0 Å². The van der Waals surface area contributed by atoms with Crippen molar-refractivity contribution >= 4 is 33.3 Å². The molecule has 150 valence electrons. The Kier molecular flexibility index (Phi) is 5.09. The SMILES string of the molecule is C[C@H](NC(=O)Nc1cc(C2CC2)nn1[C@@H]1CCS(=O)(=O)C1)c1ccc(Cl)cc1. The molecule has 2 aromatic rings. The Morgan fingerprint density at radius 2 is 1.96 bits per heavy atom. The molecule has 9 heteroatoms. The van der Waals surface area contributed by atoms with Crippen molar-refractivity contribution in [2.24, 2.45) is 0 Å². The van der Waals surface area contributed by atoms with Gasteiger partial charge in [-0.05, 0) is 43.9 Å². The summed E-state index contributed by atoms with van der Waals surface area (Å²) >= 11 is 5.91. The number of hydrogen-bond acceptors (Lipinski definition) is 4. The third-order valence-corrected chi connectivity index (χ3v) is 7.27. The van der Waals surface area contributed by atoms with Gasteiger partial charge in [-0.15, -0.1) is 0 Å². The zero-order valence-electron chi connectivity index (χ0n) is 15.6. The van der Waals surface area contributed by atoms with Crippen LogP contribution in [0, 0.1) is 0 Å². The lowest BCUT2D eigenvalue weighted by Crippen LogP contribution is -2.32. The first-order valence-corrected chi connectivity index (χ1v) is 11.6. The van der Waals surface area contributed by atoms with Gasteiger partial charge < -0.3 is 5.32 Å². The van der Waals surface area contributed by atoms with Crippen molar-refractivity contribution < 1.29 is 13.2 Å². The van der Waals surface area contributed by atoms with Crippen LogP contribution in [0.4, 0.5) is 10.6 Å². The quantitative estimate of drug-likeness (QED) is 0.768. The third kappa shape index (κ3) is 4.33. The maximum atomic E-state index is 12.5. The van der Waals surface area contributed by atoms with E-state index in [0.29, 0.717) is 23.2 Å². The van der Waals surface area contributed by atoms with Crippen molar-refractivity contribution in [1.29, 1.82) is 0 Å². The molecule has 1 aromatic heterocycles. The van der Waals surface area contributed by atoms with E-state index >= 15 is 0 Å². The lowest BCUT2D eigenvalue weighted by molar-refractivity contribution is 0.249. The molecule has 4 rings (SSSR count). The average molecular weight is 423 g/mol. The zero-order chi connectivity index (χ0) is 19.9. The van der Waals surface area contributed by atoms with Crippen LogP contribution in [0.2, 0.25) is 5.02 Å². The van der Waals surface area contributed by atoms with E-state index in [2.05, 4.69) is 15.7 Å². The number of urea groups is 1. The minimum absolute atomic E-state index is 0.0657. The largest absolute Gasteiger partial charge is 0.331 e. The van der Waals surface area contributed by atoms with Crippen LogP contribution >= 0.6 is 11.6 Å². The van der Waals surface area contributed by atoms with Gasteiger partial charge in [-0.2, -0.15) is 5.10 Å². The molecule has 0 bridgehead atoms. The zero-order valence-corrected chi connectivity index (χ0v) is 17.1. The molecule has 2 heterocycles. The molecule has 0 radical (unpaired) electrons. The number of amides is 2. The molecular weight excluding hydrogens is 400 g/mol. The van der Waals surface area contributed by atoms with Crippen LogP contribution in [0.5, 0.6) is 0 Å². The second-order valence-electron chi connectivity index (χ2n) is 7.60. The van der Waals surface area contributed by atoms with Crippen LogP contribution in [-0.2, 0) is 9.84 Å². The number of carbonyl (C=O) groups excluding carboxylic acids is 1. The number of sulfone groups is 1. The fraction of sp³-hybridized carbons (Fsp3) is 0.474. The van der Waals surface area contributed by atoms with E-state index in [1.54, 1.807) is 16.8 Å². The summed E-state index contributed by atoms with van der Waals surface area (Å²) < 4.78 is 25.4. The van der Waals surface area contributed by atoms with Gasteiger partial charge >= 0.3 is 6.03 Å². The minimum atomic E-state index is -3.04. The highest BCUT2D eigenvalue weighted by Gasteiger charge is 2.34. The van der Waals surface area contributed by atoms with Crippen LogP contribution in [0.15, 0.2) is 30.3 Å². The Morgan fingerprint density at radius 3 is 2.57 bits per heavy atom. The summed E-state index contributed by atoms with van der Waals surface area (Å²) in [6.45, 7) is 1.89. The van der Waals surface area contributed by atoms with Crippen LogP contribution in [0.25, 0.3) is 0 Å². The van der Waals surface area contributed by atoms with E-state index < -0.39 is 9.84 Å². The number of nitrogens with one attached hydrogen (secondary N) is 2. The predicted molar refractivity (Wildman–Crippen MR) is 109 cm³/mol. The van der Waals surface area contributed by atoms with Gasteiger partial charge in [-0.3, -0.25) is 5.32 Å². The van der Waals surface area contributed by atoms with Crippen molar-refractivity contribution in [3.63, 3.8) is 0 Å². The van der Waals surface area contributed by atoms with Crippen molar-refractivity contribution in [3.8, 4) is 0 Å². The predicted octanol–water partition coefficient (Wildman–Crippen LogP) is 3.66. The Bertz CT molecular complexity index is 983. The summed E-state index contributed by atoms with van der Waals surface area (Å²) in [4.78, 5) is 12.5. The van der Waals surface area contributed by atoms with E-state index in [4.69, 9.17) is 11.6 Å². The molecular formula is C19H23ClN4O3S. The minimum Gasteiger partial charge on any atom is -0.331 e. The highest BCUT2D eigenvalue weighted by Crippen LogP contribution is 2.41. The third-order valence-electron chi connectivity index (χ3n) is 5.26. The second kappa shape index (κ2) is 7.40. The number of carbonyl (C=O) groups is 1. The standard InChI is InChI=1S/C19H23ClN4O3S/c1-12(13-4-6-15(20)7-5-13)21-19(25)22-18-10-17(14-2-3-14)23-24(18)16-8-9-28(26,27)11-16/h4-7,10,12,14,16H,2-3,8-9,11H2,1H3,(H2,21,22,25)/t12-,16+/m0/s1. The normalized spacial score (nSPS) is 22.0. The second-order valence-corrected chi connectivity index (χ2v) is 10.3. The Hall–Kier alpha value is -2.06. The smallest absolute Gasteiger partial charge is 0.320 e. The Labute approximate surface area is 169 Å². The molecule has 1 aliphatic heterocycles. The first-order chi connectivity index (χ1) is 13.3. The molecule has 2 amide bonds. The summed E-state index contributed by atoms with van der Waals surface area (Å²) in [5, 5.41) is 11.0. The number of aromatic nitrogens is 2. The van der Waals surface area contributed by atoms with E-state index in [1.807, 2.05) is 25.1 Å². The monoisotopic (exact) mass is 422 g/mol. The number of benzene rings is 1. The molecule has 1 saturated carbocycles. The van der Waals surface area contributed by atoms with Gasteiger partial charge in [0.2, 0.25) is 0 Å². The number of halogens is 1. The highest BCUT2D eigenvalue weighted by atomic mass is 35.5. The first-order valence-electron chi connectivity index (χ1n) is 9.43. The molecule has 7 nitrogen and oxygen atoms in total. The first kappa shape index (κ1) is 19.3. The summed E-state index contributed by atoms with van der Waals surface area (Å²) in [5.74, 6) is 1.19. The summed E-state index contributed by atoms with van der Waals surface area (Å²) in [7, 11) is -3.04. The van der Waals surface area contributed by atoms with E-state index in [1.165, 1.54) is 0 Å². The number of rotatable bonds is 5. The summed E-state index contributed by atoms with van der Waals surface area (Å²) in [5.41, 5.74) is 1.86. The summed E-state index contributed by atoms with van der Waals surface area (Å²) in [6.07, 6.45) is 2.68. The van der Waals surface area contributed by atoms with Crippen LogP contribution < -0.4 is 10.6 Å². The van der Waals surface area contributed by atoms with Gasteiger partial charge in [0.05, 0.1) is 29.3 Å². The molecule has 1 aliphatic carbocycles. The lowest BCUT2D eigenvalue weighted by Gasteiger charge is -2.17. The number of nitrogens with zero attached hydrogens (tertiary/aromatic N) is 2. The maximum Gasteiger partial charge on any atom is 0.320 e. The van der Waals surface area contributed by atoms with Gasteiger partial charge in [-0.25, -0.2) is 17.9 Å². The van der Waals surface area contributed by atoms with E-state index in [-0.39, 0.29) is 29.6 Å². The van der Waals surface area contributed by atoms with Gasteiger partial charge in [0.15, 0.2) is 9.84 Å². The Morgan fingerprint density at radius 1 is 1.25 bits per heavy atom. The molecule has 0 unspecified atom stereocenters. The van der Waals surface area contributed by atoms with Gasteiger partial charge in [0.25, 0.3) is 0 Å². The van der Waals surface area contributed by atoms with Crippen LogP contribution in [-0.4, -0.2) is 35.7 Å². The molecule has 28 heavy (non-hydrogen) atoms. The Balaban J connectivity index is 1.48. The topological polar surface area (TPSA) is 93.1 Å². The molecule has 2 aliphatic rings. The molecule has 1 saturated heterocycles. The summed E-state index contributed by atoms with van der Waals surface area (Å²) in [6, 6.07) is 8.37. The fourth-order valence-corrected chi connectivity index (χ4v) is 5.33. The fourth-order valence-electron chi connectivity index (χ4n) is 3.52. The molecule has 2 atom stereocenters. The molecule has 0 spiro atoms. The number of hydrogen-bond donors (Lipinski definition) is 2. The number of anilines is 1. The molecule has 2 fully saturated rings. The lowest BCUT2D eigenvalue weighted by atomic mass is 10.1. The molecule has 2 N–H and O–H groups in total. The van der Waals surface area contributed by atoms with Gasteiger partial charge in [-0.1, -0.05) is 23.7 Å². The highest BCUT2D eigenvalue weighted by molar-refractivity contribution is 7.91. The van der Waals surface area contributed by atoms with E-state index in [9.17, 15) is 13.2 Å².